The highest BCUT2D eigenvalue weighted by Crippen LogP contribution is 2.39. The summed E-state index contributed by atoms with van der Waals surface area (Å²) in [6, 6.07) is 0.264. The van der Waals surface area contributed by atoms with Crippen molar-refractivity contribution in [3.63, 3.8) is 0 Å². The SMILES string of the molecule is CC(C)(C)[C@H]1CC[C@H]2OC(=O)N[C@H]2C1. The van der Waals surface area contributed by atoms with Crippen LogP contribution in [0, 0.1) is 11.3 Å². The minimum Gasteiger partial charge on any atom is -0.444 e. The van der Waals surface area contributed by atoms with Gasteiger partial charge in [0.05, 0.1) is 6.04 Å². The highest BCUT2D eigenvalue weighted by atomic mass is 16.6. The van der Waals surface area contributed by atoms with Crippen molar-refractivity contribution in [1.82, 2.24) is 5.32 Å². The molecule has 2 rings (SSSR count). The Bertz CT molecular complexity index is 244. The van der Waals surface area contributed by atoms with Gasteiger partial charge in [0.1, 0.15) is 6.10 Å². The van der Waals surface area contributed by atoms with Gasteiger partial charge in [-0.1, -0.05) is 20.8 Å². The van der Waals surface area contributed by atoms with Crippen LogP contribution < -0.4 is 5.32 Å². The molecule has 1 N–H and O–H groups in total. The number of amides is 1. The molecule has 3 atom stereocenters. The zero-order valence-electron chi connectivity index (χ0n) is 9.17. The van der Waals surface area contributed by atoms with Crippen LogP contribution in [0.1, 0.15) is 40.0 Å². The van der Waals surface area contributed by atoms with Gasteiger partial charge in [0.25, 0.3) is 0 Å². The lowest BCUT2D eigenvalue weighted by molar-refractivity contribution is 0.0721. The van der Waals surface area contributed by atoms with E-state index in [4.69, 9.17) is 4.74 Å². The summed E-state index contributed by atoms with van der Waals surface area (Å²) in [4.78, 5) is 11.0. The molecule has 2 fully saturated rings. The standard InChI is InChI=1S/C11H19NO2/c1-11(2,3)7-4-5-9-8(6-7)12-10(13)14-9/h7-9H,4-6H2,1-3H3,(H,12,13)/t7-,8-,9+/m0/s1. The van der Waals surface area contributed by atoms with E-state index < -0.39 is 0 Å². The van der Waals surface area contributed by atoms with Crippen molar-refractivity contribution >= 4 is 6.09 Å². The van der Waals surface area contributed by atoms with Gasteiger partial charge in [-0.05, 0) is 30.6 Å². The molecule has 1 aliphatic carbocycles. The average molecular weight is 197 g/mol. The Morgan fingerprint density at radius 1 is 1.36 bits per heavy atom. The molecule has 0 aromatic carbocycles. The number of carbonyl (C=O) groups excluding carboxylic acids is 1. The molecule has 14 heavy (non-hydrogen) atoms. The number of hydrogen-bond donors (Lipinski definition) is 1. The van der Waals surface area contributed by atoms with E-state index in [2.05, 4.69) is 26.1 Å². The predicted molar refractivity (Wildman–Crippen MR) is 54.0 cm³/mol. The Balaban J connectivity index is 2.01. The number of nitrogens with one attached hydrogen (secondary N) is 1. The lowest BCUT2D eigenvalue weighted by Crippen LogP contribution is -2.40. The van der Waals surface area contributed by atoms with Crippen molar-refractivity contribution in [3.05, 3.63) is 0 Å². The maximum Gasteiger partial charge on any atom is 0.407 e. The average Bonchev–Trinajstić information content (AvgIpc) is 2.41. The van der Waals surface area contributed by atoms with E-state index in [1.807, 2.05) is 0 Å². The molecule has 0 unspecified atom stereocenters. The summed E-state index contributed by atoms with van der Waals surface area (Å²) in [5.74, 6) is 0.700. The first-order valence-corrected chi connectivity index (χ1v) is 5.44. The molecule has 3 nitrogen and oxygen atoms in total. The number of hydrogen-bond acceptors (Lipinski definition) is 2. The second-order valence-electron chi connectivity index (χ2n) is 5.57. The van der Waals surface area contributed by atoms with E-state index >= 15 is 0 Å². The zero-order chi connectivity index (χ0) is 10.3. The maximum atomic E-state index is 11.0. The zero-order valence-corrected chi connectivity index (χ0v) is 9.17. The van der Waals surface area contributed by atoms with Crippen LogP contribution in [0.2, 0.25) is 0 Å². The molecule has 1 saturated heterocycles. The number of ether oxygens (including phenoxy) is 1. The second-order valence-corrected chi connectivity index (χ2v) is 5.57. The molecule has 0 bridgehead atoms. The topological polar surface area (TPSA) is 38.3 Å². The molecule has 1 saturated carbocycles. The Morgan fingerprint density at radius 2 is 2.07 bits per heavy atom. The quantitative estimate of drug-likeness (QED) is 0.647. The van der Waals surface area contributed by atoms with Crippen molar-refractivity contribution in [3.8, 4) is 0 Å². The first-order chi connectivity index (χ1) is 6.47. The Labute approximate surface area is 85.2 Å². The fourth-order valence-corrected chi connectivity index (χ4v) is 2.55. The Morgan fingerprint density at radius 3 is 2.71 bits per heavy atom. The summed E-state index contributed by atoms with van der Waals surface area (Å²) in [7, 11) is 0. The van der Waals surface area contributed by atoms with Gasteiger partial charge in [-0.3, -0.25) is 0 Å². The molecule has 1 heterocycles. The summed E-state index contributed by atoms with van der Waals surface area (Å²) in [6.07, 6.45) is 3.18. The summed E-state index contributed by atoms with van der Waals surface area (Å²) >= 11 is 0. The van der Waals surface area contributed by atoms with Gasteiger partial charge in [0.2, 0.25) is 0 Å². The van der Waals surface area contributed by atoms with Crippen molar-refractivity contribution in [2.45, 2.75) is 52.2 Å². The third kappa shape index (κ3) is 1.72. The van der Waals surface area contributed by atoms with Gasteiger partial charge in [0.15, 0.2) is 0 Å². The molecule has 80 valence electrons. The Kier molecular flexibility index (Phi) is 2.20. The van der Waals surface area contributed by atoms with E-state index in [0.717, 1.165) is 12.8 Å². The van der Waals surface area contributed by atoms with Crippen LogP contribution in [0.5, 0.6) is 0 Å². The monoisotopic (exact) mass is 197 g/mol. The summed E-state index contributed by atoms with van der Waals surface area (Å²) in [6.45, 7) is 6.82. The fraction of sp³-hybridized carbons (Fsp3) is 0.909. The highest BCUT2D eigenvalue weighted by Gasteiger charge is 2.42. The number of alkyl carbamates (subject to hydrolysis) is 1. The molecular formula is C11H19NO2. The third-order valence-corrected chi connectivity index (χ3v) is 3.57. The van der Waals surface area contributed by atoms with E-state index in [0.29, 0.717) is 11.3 Å². The number of carbonyl (C=O) groups is 1. The minimum absolute atomic E-state index is 0.140. The largest absolute Gasteiger partial charge is 0.444 e. The van der Waals surface area contributed by atoms with Gasteiger partial charge in [0, 0.05) is 0 Å². The second kappa shape index (κ2) is 3.14. The van der Waals surface area contributed by atoms with Gasteiger partial charge in [-0.15, -0.1) is 0 Å². The number of rotatable bonds is 0. The molecule has 1 amide bonds. The van der Waals surface area contributed by atoms with Crippen LogP contribution in [0.3, 0.4) is 0 Å². The van der Waals surface area contributed by atoms with Crippen LogP contribution in [0.15, 0.2) is 0 Å². The highest BCUT2D eigenvalue weighted by molar-refractivity contribution is 5.70. The number of fused-ring (bicyclic) bond motifs is 1. The van der Waals surface area contributed by atoms with Gasteiger partial charge < -0.3 is 10.1 Å². The molecule has 0 aromatic heterocycles. The Hall–Kier alpha value is -0.730. The third-order valence-electron chi connectivity index (χ3n) is 3.57. The fourth-order valence-electron chi connectivity index (χ4n) is 2.55. The van der Waals surface area contributed by atoms with Gasteiger partial charge in [-0.25, -0.2) is 4.79 Å². The normalized spacial score (nSPS) is 37.4. The van der Waals surface area contributed by atoms with Crippen LogP contribution >= 0.6 is 0 Å². The smallest absolute Gasteiger partial charge is 0.407 e. The summed E-state index contributed by atoms with van der Waals surface area (Å²) in [5.41, 5.74) is 0.346. The molecular weight excluding hydrogens is 178 g/mol. The maximum absolute atomic E-state index is 11.0. The lowest BCUT2D eigenvalue weighted by atomic mass is 9.70. The lowest BCUT2D eigenvalue weighted by Gasteiger charge is -2.37. The van der Waals surface area contributed by atoms with E-state index in [1.54, 1.807) is 0 Å². The van der Waals surface area contributed by atoms with Crippen molar-refractivity contribution in [2.24, 2.45) is 11.3 Å². The summed E-state index contributed by atoms with van der Waals surface area (Å²) < 4.78 is 5.18. The predicted octanol–water partition coefficient (Wildman–Crippen LogP) is 2.31. The van der Waals surface area contributed by atoms with Crippen molar-refractivity contribution < 1.29 is 9.53 Å². The van der Waals surface area contributed by atoms with Crippen LogP contribution in [0.4, 0.5) is 4.79 Å². The van der Waals surface area contributed by atoms with E-state index in [-0.39, 0.29) is 18.2 Å². The van der Waals surface area contributed by atoms with Gasteiger partial charge >= 0.3 is 6.09 Å². The first kappa shape index (κ1) is 9.81. The van der Waals surface area contributed by atoms with Crippen molar-refractivity contribution in [2.75, 3.05) is 0 Å². The molecule has 0 aromatic rings. The van der Waals surface area contributed by atoms with Gasteiger partial charge in [-0.2, -0.15) is 0 Å². The van der Waals surface area contributed by atoms with Crippen LogP contribution in [-0.4, -0.2) is 18.2 Å². The van der Waals surface area contributed by atoms with E-state index in [1.165, 1.54) is 6.42 Å². The minimum atomic E-state index is -0.227. The molecule has 2 aliphatic rings. The molecule has 1 aliphatic heterocycles. The molecule has 0 radical (unpaired) electrons. The van der Waals surface area contributed by atoms with Crippen LogP contribution in [0.25, 0.3) is 0 Å². The van der Waals surface area contributed by atoms with E-state index in [9.17, 15) is 4.79 Å². The molecule has 3 heteroatoms. The van der Waals surface area contributed by atoms with Crippen molar-refractivity contribution in [1.29, 1.82) is 0 Å². The summed E-state index contributed by atoms with van der Waals surface area (Å²) in [5, 5.41) is 2.90. The van der Waals surface area contributed by atoms with Crippen LogP contribution in [-0.2, 0) is 4.74 Å². The molecule has 0 spiro atoms. The first-order valence-electron chi connectivity index (χ1n) is 5.44.